The van der Waals surface area contributed by atoms with Gasteiger partial charge in [-0.2, -0.15) is 0 Å². The van der Waals surface area contributed by atoms with E-state index in [-0.39, 0.29) is 0 Å². The van der Waals surface area contributed by atoms with Crippen molar-refractivity contribution in [1.82, 2.24) is 9.97 Å². The van der Waals surface area contributed by atoms with E-state index in [0.717, 1.165) is 34.3 Å². The molecule has 0 atom stereocenters. The molecule has 0 spiro atoms. The molecule has 2 aromatic rings. The molecule has 0 unspecified atom stereocenters. The number of aromatic nitrogens is 2. The molecule has 0 aliphatic heterocycles. The summed E-state index contributed by atoms with van der Waals surface area (Å²) in [6, 6.07) is 3.90. The topological polar surface area (TPSA) is 61.0 Å². The second-order valence-electron chi connectivity index (χ2n) is 4.11. The minimum atomic E-state index is 0.487. The van der Waals surface area contributed by atoms with Crippen LogP contribution >= 0.6 is 11.3 Å². The number of nitrogens with zero attached hydrogens (tertiary/aromatic N) is 2. The number of thiazole rings is 1. The predicted molar refractivity (Wildman–Crippen MR) is 72.9 cm³/mol. The molecule has 0 radical (unpaired) electrons. The molecule has 2 N–H and O–H groups in total. The van der Waals surface area contributed by atoms with Gasteiger partial charge in [-0.05, 0) is 32.5 Å². The molecule has 4 nitrogen and oxygen atoms in total. The zero-order chi connectivity index (χ0) is 13.0. The number of hydrogen-bond acceptors (Lipinski definition) is 5. The van der Waals surface area contributed by atoms with Gasteiger partial charge in [-0.25, -0.2) is 4.98 Å². The molecule has 2 rings (SSSR count). The molecule has 0 fully saturated rings. The monoisotopic (exact) mass is 263 g/mol. The third kappa shape index (κ3) is 3.27. The molecule has 5 heteroatoms. The van der Waals surface area contributed by atoms with Crippen LogP contribution in [-0.4, -0.2) is 16.5 Å². The Morgan fingerprint density at radius 1 is 1.22 bits per heavy atom. The predicted octanol–water partition coefficient (Wildman–Crippen LogP) is 2.24. The van der Waals surface area contributed by atoms with E-state index in [4.69, 9.17) is 10.5 Å². The number of nitrogens with two attached hydrogens (primary N) is 1. The molecule has 2 heterocycles. The van der Waals surface area contributed by atoms with Crippen LogP contribution in [0, 0.1) is 13.8 Å². The summed E-state index contributed by atoms with van der Waals surface area (Å²) in [5, 5.41) is 3.00. The normalized spacial score (nSPS) is 10.6. The first-order chi connectivity index (χ1) is 8.69. The molecule has 18 heavy (non-hydrogen) atoms. The standard InChI is InChI=1S/C13H17N3OS/c1-9-3-4-12(11(15-9)5-6-14)17-7-13-16-10(2)8-18-13/h3-4,8H,5-7,14H2,1-2H3. The van der Waals surface area contributed by atoms with E-state index in [1.807, 2.05) is 31.4 Å². The van der Waals surface area contributed by atoms with Gasteiger partial charge in [0, 0.05) is 23.2 Å². The van der Waals surface area contributed by atoms with Crippen molar-refractivity contribution in [3.05, 3.63) is 39.6 Å². The fourth-order valence-corrected chi connectivity index (χ4v) is 2.34. The Morgan fingerprint density at radius 3 is 2.72 bits per heavy atom. The summed E-state index contributed by atoms with van der Waals surface area (Å²) >= 11 is 1.61. The van der Waals surface area contributed by atoms with Crippen molar-refractivity contribution in [3.8, 4) is 5.75 Å². The third-order valence-electron chi connectivity index (χ3n) is 2.47. The van der Waals surface area contributed by atoms with Gasteiger partial charge in [0.1, 0.15) is 17.4 Å². The van der Waals surface area contributed by atoms with Gasteiger partial charge in [-0.1, -0.05) is 0 Å². The molecule has 0 amide bonds. The largest absolute Gasteiger partial charge is 0.485 e. The van der Waals surface area contributed by atoms with Crippen LogP contribution in [0.5, 0.6) is 5.75 Å². The van der Waals surface area contributed by atoms with Gasteiger partial charge in [-0.3, -0.25) is 4.98 Å². The number of pyridine rings is 1. The fraction of sp³-hybridized carbons (Fsp3) is 0.385. The first-order valence-electron chi connectivity index (χ1n) is 5.89. The van der Waals surface area contributed by atoms with Crippen molar-refractivity contribution in [2.75, 3.05) is 6.54 Å². The molecule has 0 bridgehead atoms. The van der Waals surface area contributed by atoms with E-state index < -0.39 is 0 Å². The second-order valence-corrected chi connectivity index (χ2v) is 5.05. The van der Waals surface area contributed by atoms with E-state index in [1.54, 1.807) is 11.3 Å². The SMILES string of the molecule is Cc1csc(COc2ccc(C)nc2CCN)n1. The van der Waals surface area contributed by atoms with E-state index in [1.165, 1.54) is 0 Å². The van der Waals surface area contributed by atoms with E-state index in [2.05, 4.69) is 9.97 Å². The molecule has 0 aliphatic carbocycles. The molecule has 96 valence electrons. The number of rotatable bonds is 5. The molecular formula is C13H17N3OS. The fourth-order valence-electron chi connectivity index (χ4n) is 1.65. The second kappa shape index (κ2) is 5.93. The van der Waals surface area contributed by atoms with Gasteiger partial charge in [0.2, 0.25) is 0 Å². The summed E-state index contributed by atoms with van der Waals surface area (Å²) in [5.41, 5.74) is 8.52. The van der Waals surface area contributed by atoms with Crippen molar-refractivity contribution in [1.29, 1.82) is 0 Å². The summed E-state index contributed by atoms with van der Waals surface area (Å²) in [4.78, 5) is 8.83. The molecule has 0 aromatic carbocycles. The Labute approximate surface area is 111 Å². The van der Waals surface area contributed by atoms with Gasteiger partial charge in [0.25, 0.3) is 0 Å². The van der Waals surface area contributed by atoms with Crippen molar-refractivity contribution in [2.24, 2.45) is 5.73 Å². The Bertz CT molecular complexity index is 525. The maximum atomic E-state index is 5.77. The minimum Gasteiger partial charge on any atom is -0.485 e. The van der Waals surface area contributed by atoms with Crippen LogP contribution in [0.3, 0.4) is 0 Å². The highest BCUT2D eigenvalue weighted by atomic mass is 32.1. The average Bonchev–Trinajstić information content (AvgIpc) is 2.75. The number of ether oxygens (including phenoxy) is 1. The summed E-state index contributed by atoms with van der Waals surface area (Å²) in [7, 11) is 0. The van der Waals surface area contributed by atoms with E-state index >= 15 is 0 Å². The highest BCUT2D eigenvalue weighted by Crippen LogP contribution is 2.19. The Kier molecular flexibility index (Phi) is 4.28. The minimum absolute atomic E-state index is 0.487. The van der Waals surface area contributed by atoms with E-state index in [0.29, 0.717) is 13.2 Å². The van der Waals surface area contributed by atoms with Crippen LogP contribution < -0.4 is 10.5 Å². The zero-order valence-electron chi connectivity index (χ0n) is 10.6. The van der Waals surface area contributed by atoms with Crippen molar-refractivity contribution in [3.63, 3.8) is 0 Å². The summed E-state index contributed by atoms with van der Waals surface area (Å²) in [6.45, 7) is 5.01. The Balaban J connectivity index is 2.08. The Hall–Kier alpha value is -1.46. The van der Waals surface area contributed by atoms with Gasteiger partial charge < -0.3 is 10.5 Å². The van der Waals surface area contributed by atoms with Crippen LogP contribution in [0.4, 0.5) is 0 Å². The van der Waals surface area contributed by atoms with Gasteiger partial charge >= 0.3 is 0 Å². The smallest absolute Gasteiger partial charge is 0.141 e. The number of hydrogen-bond donors (Lipinski definition) is 1. The highest BCUT2D eigenvalue weighted by molar-refractivity contribution is 7.09. The zero-order valence-corrected chi connectivity index (χ0v) is 11.5. The van der Waals surface area contributed by atoms with Gasteiger partial charge in [0.05, 0.1) is 5.69 Å². The van der Waals surface area contributed by atoms with Crippen LogP contribution in [0.25, 0.3) is 0 Å². The van der Waals surface area contributed by atoms with Crippen molar-refractivity contribution in [2.45, 2.75) is 26.9 Å². The summed E-state index contributed by atoms with van der Waals surface area (Å²) in [5.74, 6) is 0.805. The summed E-state index contributed by atoms with van der Waals surface area (Å²) in [6.07, 6.45) is 0.730. The first kappa shape index (κ1) is 13.0. The molecule has 0 saturated heterocycles. The van der Waals surface area contributed by atoms with Crippen LogP contribution in [0.1, 0.15) is 22.1 Å². The van der Waals surface area contributed by atoms with Crippen molar-refractivity contribution < 1.29 is 4.74 Å². The van der Waals surface area contributed by atoms with E-state index in [9.17, 15) is 0 Å². The molecular weight excluding hydrogens is 246 g/mol. The van der Waals surface area contributed by atoms with Crippen LogP contribution in [-0.2, 0) is 13.0 Å². The molecule has 0 aliphatic rings. The maximum Gasteiger partial charge on any atom is 0.141 e. The van der Waals surface area contributed by atoms with Gasteiger partial charge in [0.15, 0.2) is 0 Å². The van der Waals surface area contributed by atoms with Gasteiger partial charge in [-0.15, -0.1) is 11.3 Å². The van der Waals surface area contributed by atoms with Crippen LogP contribution in [0.2, 0.25) is 0 Å². The average molecular weight is 263 g/mol. The lowest BCUT2D eigenvalue weighted by Crippen LogP contribution is -2.08. The molecule has 2 aromatic heterocycles. The lowest BCUT2D eigenvalue weighted by Gasteiger charge is -2.09. The highest BCUT2D eigenvalue weighted by Gasteiger charge is 2.07. The lowest BCUT2D eigenvalue weighted by atomic mass is 10.2. The first-order valence-corrected chi connectivity index (χ1v) is 6.77. The van der Waals surface area contributed by atoms with Crippen molar-refractivity contribution >= 4 is 11.3 Å². The number of aryl methyl sites for hydroxylation is 2. The Morgan fingerprint density at radius 2 is 2.06 bits per heavy atom. The summed E-state index contributed by atoms with van der Waals surface area (Å²) < 4.78 is 5.77. The third-order valence-corrected chi connectivity index (χ3v) is 3.41. The maximum absolute atomic E-state index is 5.77. The quantitative estimate of drug-likeness (QED) is 0.898. The lowest BCUT2D eigenvalue weighted by molar-refractivity contribution is 0.300. The van der Waals surface area contributed by atoms with Crippen LogP contribution in [0.15, 0.2) is 17.5 Å². The molecule has 0 saturated carbocycles.